The number of hydrogen-bond acceptors (Lipinski definition) is 3. The summed E-state index contributed by atoms with van der Waals surface area (Å²) < 4.78 is 2.31. The van der Waals surface area contributed by atoms with Crippen LogP contribution < -0.4 is 0 Å². The summed E-state index contributed by atoms with van der Waals surface area (Å²) in [5, 5.41) is 1.96. The molecule has 0 N–H and O–H groups in total. The molecule has 32 heavy (non-hydrogen) atoms. The fraction of sp³-hybridized carbons (Fsp3) is 0.444. The van der Waals surface area contributed by atoms with E-state index >= 15 is 0 Å². The molecule has 1 aliphatic rings. The number of rotatable bonds is 8. The minimum absolute atomic E-state index is 0.146. The van der Waals surface area contributed by atoms with Crippen molar-refractivity contribution in [3.8, 4) is 0 Å². The monoisotopic (exact) mass is 451 g/mol. The van der Waals surface area contributed by atoms with E-state index in [1.165, 1.54) is 23.1 Å². The van der Waals surface area contributed by atoms with Crippen molar-refractivity contribution in [2.45, 2.75) is 46.2 Å². The fourth-order valence-corrected chi connectivity index (χ4v) is 5.11. The van der Waals surface area contributed by atoms with E-state index in [0.717, 1.165) is 74.6 Å². The minimum Gasteiger partial charge on any atom is -0.346 e. The van der Waals surface area contributed by atoms with Gasteiger partial charge in [0.25, 0.3) is 0 Å². The molecule has 3 aromatic rings. The van der Waals surface area contributed by atoms with Crippen molar-refractivity contribution in [1.29, 1.82) is 0 Å². The van der Waals surface area contributed by atoms with Crippen molar-refractivity contribution in [3.05, 3.63) is 70.4 Å². The zero-order chi connectivity index (χ0) is 22.5. The van der Waals surface area contributed by atoms with E-state index in [1.54, 1.807) is 6.92 Å². The van der Waals surface area contributed by atoms with Gasteiger partial charge >= 0.3 is 0 Å². The molecular weight excluding hydrogens is 418 g/mol. The number of benzene rings is 2. The van der Waals surface area contributed by atoms with Crippen LogP contribution in [0.25, 0.3) is 10.9 Å². The van der Waals surface area contributed by atoms with Gasteiger partial charge in [0.05, 0.1) is 5.52 Å². The highest BCUT2D eigenvalue weighted by Gasteiger charge is 2.17. The lowest BCUT2D eigenvalue weighted by atomic mass is 10.1. The number of carbonyl (C=O) groups is 1. The molecule has 0 aliphatic carbocycles. The van der Waals surface area contributed by atoms with Gasteiger partial charge in [-0.3, -0.25) is 9.69 Å². The number of Topliss-reactive ketones (excluding diaryl/α,β-unsaturated/α-hetero) is 1. The van der Waals surface area contributed by atoms with E-state index in [2.05, 4.69) is 57.8 Å². The Morgan fingerprint density at radius 2 is 1.69 bits per heavy atom. The molecule has 0 radical (unpaired) electrons. The van der Waals surface area contributed by atoms with Gasteiger partial charge < -0.3 is 9.47 Å². The molecule has 0 atom stereocenters. The van der Waals surface area contributed by atoms with Gasteiger partial charge in [-0.2, -0.15) is 0 Å². The first kappa shape index (κ1) is 23.0. The first-order valence-corrected chi connectivity index (χ1v) is 12.2. The van der Waals surface area contributed by atoms with Gasteiger partial charge in [-0.05, 0) is 63.0 Å². The van der Waals surface area contributed by atoms with Crippen LogP contribution in [-0.4, -0.2) is 52.9 Å². The molecule has 0 amide bonds. The smallest absolute Gasteiger partial charge is 0.161 e. The van der Waals surface area contributed by atoms with E-state index in [9.17, 15) is 4.79 Å². The van der Waals surface area contributed by atoms with Crippen LogP contribution in [0, 0.1) is 0 Å². The van der Waals surface area contributed by atoms with E-state index in [4.69, 9.17) is 11.6 Å². The Morgan fingerprint density at radius 1 is 0.938 bits per heavy atom. The third-order valence-electron chi connectivity index (χ3n) is 6.65. The highest BCUT2D eigenvalue weighted by atomic mass is 35.5. The summed E-state index contributed by atoms with van der Waals surface area (Å²) in [6.45, 7) is 11.2. The molecule has 4 rings (SSSR count). The number of carbonyl (C=O) groups excluding carboxylic acids is 1. The van der Waals surface area contributed by atoms with Gasteiger partial charge in [0.1, 0.15) is 0 Å². The molecule has 0 unspecified atom stereocenters. The van der Waals surface area contributed by atoms with Crippen molar-refractivity contribution < 1.29 is 4.79 Å². The first-order valence-electron chi connectivity index (χ1n) is 11.9. The van der Waals surface area contributed by atoms with Crippen molar-refractivity contribution in [1.82, 2.24) is 14.4 Å². The molecular formula is C27H34ClN3O. The van der Waals surface area contributed by atoms with Crippen LogP contribution in [0.3, 0.4) is 0 Å². The predicted molar refractivity (Wildman–Crippen MR) is 134 cm³/mol. The topological polar surface area (TPSA) is 28.5 Å². The summed E-state index contributed by atoms with van der Waals surface area (Å²) in [6, 6.07) is 14.5. The standard InChI is InChI=1S/C27H34ClN3O/c1-3-22-10-6-11-24-25(21(2)32)20-31(27(22)24)16-8-14-29-13-7-15-30(18-17-29)19-23-9-4-5-12-26(23)28/h4-6,9-12,20H,3,7-8,13-19H2,1-2H3. The number of para-hydroxylation sites is 1. The normalized spacial score (nSPS) is 15.8. The Labute approximate surface area is 196 Å². The van der Waals surface area contributed by atoms with Crippen molar-refractivity contribution >= 4 is 28.3 Å². The number of halogens is 1. The number of nitrogens with zero attached hydrogens (tertiary/aromatic N) is 3. The van der Waals surface area contributed by atoms with Gasteiger partial charge in [0, 0.05) is 48.3 Å². The highest BCUT2D eigenvalue weighted by molar-refractivity contribution is 6.31. The highest BCUT2D eigenvalue weighted by Crippen LogP contribution is 2.26. The Balaban J connectivity index is 1.35. The van der Waals surface area contributed by atoms with Crippen LogP contribution in [0.15, 0.2) is 48.7 Å². The van der Waals surface area contributed by atoms with Crippen LogP contribution in [0.1, 0.15) is 48.2 Å². The molecule has 1 aromatic heterocycles. The van der Waals surface area contributed by atoms with Crippen molar-refractivity contribution in [2.75, 3.05) is 32.7 Å². The SMILES string of the molecule is CCc1cccc2c(C(C)=O)cn(CCCN3CCCN(Cc4ccccc4Cl)CC3)c12. The van der Waals surface area contributed by atoms with Crippen molar-refractivity contribution in [3.63, 3.8) is 0 Å². The van der Waals surface area contributed by atoms with Crippen LogP contribution in [0.5, 0.6) is 0 Å². The van der Waals surface area contributed by atoms with Gasteiger partial charge in [-0.15, -0.1) is 0 Å². The molecule has 4 nitrogen and oxygen atoms in total. The van der Waals surface area contributed by atoms with Crippen LogP contribution in [0.4, 0.5) is 0 Å². The summed E-state index contributed by atoms with van der Waals surface area (Å²) in [4.78, 5) is 17.3. The number of aryl methyl sites for hydroxylation is 2. The lowest BCUT2D eigenvalue weighted by Crippen LogP contribution is -2.31. The maximum Gasteiger partial charge on any atom is 0.161 e. The van der Waals surface area contributed by atoms with Gasteiger partial charge in [-0.25, -0.2) is 0 Å². The molecule has 2 heterocycles. The number of fused-ring (bicyclic) bond motifs is 1. The van der Waals surface area contributed by atoms with E-state index in [1.807, 2.05) is 12.1 Å². The van der Waals surface area contributed by atoms with Crippen LogP contribution in [0.2, 0.25) is 5.02 Å². The fourth-order valence-electron chi connectivity index (χ4n) is 4.92. The van der Waals surface area contributed by atoms with E-state index in [0.29, 0.717) is 0 Å². The van der Waals surface area contributed by atoms with Crippen LogP contribution in [-0.2, 0) is 19.5 Å². The zero-order valence-electron chi connectivity index (χ0n) is 19.3. The molecule has 0 bridgehead atoms. The minimum atomic E-state index is 0.146. The molecule has 5 heteroatoms. The Kier molecular flexibility index (Phi) is 7.67. The maximum atomic E-state index is 12.2. The lowest BCUT2D eigenvalue weighted by Gasteiger charge is -2.22. The molecule has 0 spiro atoms. The number of ketones is 1. The molecule has 1 aliphatic heterocycles. The van der Waals surface area contributed by atoms with Gasteiger partial charge in [0.2, 0.25) is 0 Å². The maximum absolute atomic E-state index is 12.2. The first-order chi connectivity index (χ1) is 15.6. The second-order valence-electron chi connectivity index (χ2n) is 8.88. The van der Waals surface area contributed by atoms with E-state index in [-0.39, 0.29) is 5.78 Å². The van der Waals surface area contributed by atoms with E-state index < -0.39 is 0 Å². The summed E-state index contributed by atoms with van der Waals surface area (Å²) in [7, 11) is 0. The van der Waals surface area contributed by atoms with Crippen molar-refractivity contribution in [2.24, 2.45) is 0 Å². The number of hydrogen-bond donors (Lipinski definition) is 0. The average molecular weight is 452 g/mol. The zero-order valence-corrected chi connectivity index (χ0v) is 20.1. The summed E-state index contributed by atoms with van der Waals surface area (Å²) in [5.74, 6) is 0.146. The lowest BCUT2D eigenvalue weighted by molar-refractivity contribution is 0.101. The predicted octanol–water partition coefficient (Wildman–Crippen LogP) is 5.66. The number of aromatic nitrogens is 1. The largest absolute Gasteiger partial charge is 0.346 e. The molecule has 1 saturated heterocycles. The second-order valence-corrected chi connectivity index (χ2v) is 9.28. The Morgan fingerprint density at radius 3 is 2.47 bits per heavy atom. The van der Waals surface area contributed by atoms with Crippen LogP contribution >= 0.6 is 11.6 Å². The Hall–Kier alpha value is -2.14. The third kappa shape index (κ3) is 5.25. The molecule has 1 fully saturated rings. The summed E-state index contributed by atoms with van der Waals surface area (Å²) in [6.07, 6.45) is 5.32. The quantitative estimate of drug-likeness (QED) is 0.414. The molecule has 0 saturated carbocycles. The Bertz CT molecular complexity index is 1070. The molecule has 170 valence electrons. The average Bonchev–Trinajstić information content (AvgIpc) is 3.02. The summed E-state index contributed by atoms with van der Waals surface area (Å²) in [5.41, 5.74) is 4.62. The third-order valence-corrected chi connectivity index (χ3v) is 7.02. The van der Waals surface area contributed by atoms with Gasteiger partial charge in [-0.1, -0.05) is 54.9 Å². The second kappa shape index (κ2) is 10.7. The summed E-state index contributed by atoms with van der Waals surface area (Å²) >= 11 is 6.36. The van der Waals surface area contributed by atoms with Gasteiger partial charge in [0.15, 0.2) is 5.78 Å². The molecule has 2 aromatic carbocycles.